The minimum absolute atomic E-state index is 0.575. The van der Waals surface area contributed by atoms with Crippen LogP contribution in [0.2, 0.25) is 0 Å². The van der Waals surface area contributed by atoms with Crippen molar-refractivity contribution in [2.45, 2.75) is 6.42 Å². The smallest absolute Gasteiger partial charge is 0.238 e. The minimum atomic E-state index is 0.575. The third-order valence-corrected chi connectivity index (χ3v) is 14.0. The summed E-state index contributed by atoms with van der Waals surface area (Å²) in [5.41, 5.74) is 20.1. The Balaban J connectivity index is 1.06. The normalized spacial score (nSPS) is 12.0. The van der Waals surface area contributed by atoms with Crippen LogP contribution in [0.4, 0.5) is 0 Å². The van der Waals surface area contributed by atoms with Gasteiger partial charge in [-0.15, -0.1) is 0 Å². The summed E-state index contributed by atoms with van der Waals surface area (Å²) in [5, 5.41) is 4.68. The van der Waals surface area contributed by atoms with Crippen molar-refractivity contribution in [1.82, 2.24) is 24.1 Å². The summed E-state index contributed by atoms with van der Waals surface area (Å²) < 4.78 is 4.72. The molecular formula is C64H41N5. The van der Waals surface area contributed by atoms with E-state index in [4.69, 9.17) is 15.0 Å². The van der Waals surface area contributed by atoms with Gasteiger partial charge in [-0.05, 0) is 98.5 Å². The largest absolute Gasteiger partial charge is 0.309 e. The van der Waals surface area contributed by atoms with E-state index >= 15 is 0 Å². The van der Waals surface area contributed by atoms with Crippen LogP contribution in [-0.4, -0.2) is 24.1 Å². The summed E-state index contributed by atoms with van der Waals surface area (Å²) in [6.45, 7) is 0. The van der Waals surface area contributed by atoms with Gasteiger partial charge >= 0.3 is 0 Å². The Morgan fingerprint density at radius 2 is 0.725 bits per heavy atom. The predicted molar refractivity (Wildman–Crippen MR) is 284 cm³/mol. The summed E-state index contributed by atoms with van der Waals surface area (Å²) in [4.78, 5) is 15.5. The van der Waals surface area contributed by atoms with Crippen LogP contribution in [0.3, 0.4) is 0 Å². The highest BCUT2D eigenvalue weighted by Crippen LogP contribution is 2.51. The second kappa shape index (κ2) is 15.7. The lowest BCUT2D eigenvalue weighted by Crippen LogP contribution is -2.06. The fraction of sp³-hybridized carbons (Fsp3) is 0.0156. The third kappa shape index (κ3) is 6.21. The Bertz CT molecular complexity index is 4060. The molecule has 1 aliphatic rings. The Kier molecular flexibility index (Phi) is 8.89. The van der Waals surface area contributed by atoms with Crippen LogP contribution in [0.15, 0.2) is 237 Å². The molecule has 0 spiro atoms. The fourth-order valence-electron chi connectivity index (χ4n) is 11.0. The highest BCUT2D eigenvalue weighted by molar-refractivity contribution is 6.29. The Labute approximate surface area is 398 Å². The first kappa shape index (κ1) is 39.0. The van der Waals surface area contributed by atoms with Crippen LogP contribution in [0, 0.1) is 0 Å². The van der Waals surface area contributed by atoms with E-state index in [1.54, 1.807) is 0 Å². The summed E-state index contributed by atoms with van der Waals surface area (Å²) in [5.74, 6) is 1.83. The van der Waals surface area contributed by atoms with Gasteiger partial charge in [0.2, 0.25) is 5.95 Å². The molecule has 14 rings (SSSR count). The molecule has 5 heteroatoms. The van der Waals surface area contributed by atoms with Crippen LogP contribution in [-0.2, 0) is 6.42 Å². The van der Waals surface area contributed by atoms with E-state index < -0.39 is 0 Å². The molecule has 0 bridgehead atoms. The molecule has 322 valence electrons. The Morgan fingerprint density at radius 3 is 1.28 bits per heavy atom. The van der Waals surface area contributed by atoms with Gasteiger partial charge in [0.15, 0.2) is 11.6 Å². The standard InChI is InChI=1S/C64H41N5/c1-6-20-41(21-7-1)47-34-35-48(42-22-8-2-9-23-42)59-53-39-46(38-51(52(53)40-54(47)59)43-24-10-3-11-25-43)68-55-32-18-16-30-49(55)60-57(68)36-37-58-61(60)50-31-17-19-33-56(50)69(58)64-66-62(44-26-12-4-13-27-44)65-63(67-64)45-28-14-5-15-29-45/h1-39H,40H2. The maximum atomic E-state index is 5.25. The topological polar surface area (TPSA) is 48.5 Å². The van der Waals surface area contributed by atoms with Gasteiger partial charge in [0.25, 0.3) is 0 Å². The molecule has 69 heavy (non-hydrogen) atoms. The summed E-state index contributed by atoms with van der Waals surface area (Å²) in [7, 11) is 0. The van der Waals surface area contributed by atoms with E-state index in [9.17, 15) is 0 Å². The number of benzene rings is 10. The molecule has 0 saturated heterocycles. The maximum Gasteiger partial charge on any atom is 0.238 e. The number of nitrogens with zero attached hydrogens (tertiary/aromatic N) is 5. The van der Waals surface area contributed by atoms with Crippen LogP contribution < -0.4 is 0 Å². The number of hydrogen-bond acceptors (Lipinski definition) is 3. The molecule has 0 aliphatic heterocycles. The Morgan fingerprint density at radius 1 is 0.304 bits per heavy atom. The average molecular weight is 880 g/mol. The van der Waals surface area contributed by atoms with Gasteiger partial charge in [0, 0.05) is 38.4 Å². The van der Waals surface area contributed by atoms with Crippen LogP contribution in [0.1, 0.15) is 11.1 Å². The van der Waals surface area contributed by atoms with Gasteiger partial charge in [-0.25, -0.2) is 4.98 Å². The number of aromatic nitrogens is 5. The van der Waals surface area contributed by atoms with Crippen molar-refractivity contribution in [3.05, 3.63) is 248 Å². The van der Waals surface area contributed by atoms with Gasteiger partial charge in [0.05, 0.1) is 22.1 Å². The van der Waals surface area contributed by atoms with E-state index in [2.05, 4.69) is 209 Å². The first-order valence-corrected chi connectivity index (χ1v) is 23.6. The zero-order chi connectivity index (χ0) is 45.4. The quantitative estimate of drug-likeness (QED) is 0.160. The van der Waals surface area contributed by atoms with Gasteiger partial charge in [-0.1, -0.05) is 200 Å². The van der Waals surface area contributed by atoms with Crippen molar-refractivity contribution in [1.29, 1.82) is 0 Å². The van der Waals surface area contributed by atoms with Crippen molar-refractivity contribution < 1.29 is 0 Å². The second-order valence-electron chi connectivity index (χ2n) is 17.9. The molecule has 1 aliphatic carbocycles. The first-order valence-electron chi connectivity index (χ1n) is 23.6. The molecule has 0 atom stereocenters. The van der Waals surface area contributed by atoms with Crippen molar-refractivity contribution >= 4 is 43.6 Å². The molecule has 0 unspecified atom stereocenters. The van der Waals surface area contributed by atoms with Crippen molar-refractivity contribution in [3.8, 4) is 78.9 Å². The van der Waals surface area contributed by atoms with Gasteiger partial charge in [-0.2, -0.15) is 9.97 Å². The van der Waals surface area contributed by atoms with E-state index in [0.717, 1.165) is 56.1 Å². The molecule has 0 N–H and O–H groups in total. The molecule has 0 fully saturated rings. The molecule has 10 aromatic carbocycles. The van der Waals surface area contributed by atoms with E-state index in [1.165, 1.54) is 66.4 Å². The van der Waals surface area contributed by atoms with E-state index in [1.807, 2.05) is 36.4 Å². The fourth-order valence-corrected chi connectivity index (χ4v) is 11.0. The summed E-state index contributed by atoms with van der Waals surface area (Å²) in [6.07, 6.45) is 0.836. The molecule has 5 nitrogen and oxygen atoms in total. The predicted octanol–water partition coefficient (Wildman–Crippen LogP) is 16.0. The van der Waals surface area contributed by atoms with Gasteiger partial charge in [0.1, 0.15) is 0 Å². The molecule has 13 aromatic rings. The highest BCUT2D eigenvalue weighted by atomic mass is 15.2. The lowest BCUT2D eigenvalue weighted by atomic mass is 9.89. The average Bonchev–Trinajstić information content (AvgIpc) is 4.10. The summed E-state index contributed by atoms with van der Waals surface area (Å²) >= 11 is 0. The molecule has 0 saturated carbocycles. The number of para-hydroxylation sites is 2. The lowest BCUT2D eigenvalue weighted by Gasteiger charge is -2.17. The molecular weight excluding hydrogens is 839 g/mol. The number of hydrogen-bond donors (Lipinski definition) is 0. The maximum absolute atomic E-state index is 5.25. The van der Waals surface area contributed by atoms with E-state index in [0.29, 0.717) is 17.6 Å². The van der Waals surface area contributed by atoms with Crippen molar-refractivity contribution in [2.24, 2.45) is 0 Å². The van der Waals surface area contributed by atoms with Crippen molar-refractivity contribution in [2.75, 3.05) is 0 Å². The zero-order valence-corrected chi connectivity index (χ0v) is 37.5. The molecule has 3 aromatic heterocycles. The van der Waals surface area contributed by atoms with Gasteiger partial charge < -0.3 is 4.57 Å². The first-order chi connectivity index (χ1) is 34.2. The number of rotatable bonds is 7. The zero-order valence-electron chi connectivity index (χ0n) is 37.5. The van der Waals surface area contributed by atoms with Gasteiger partial charge in [-0.3, -0.25) is 4.57 Å². The molecule has 0 amide bonds. The lowest BCUT2D eigenvalue weighted by molar-refractivity contribution is 0.953. The van der Waals surface area contributed by atoms with E-state index in [-0.39, 0.29) is 0 Å². The van der Waals surface area contributed by atoms with Crippen LogP contribution in [0.5, 0.6) is 0 Å². The SMILES string of the molecule is c1ccc(-c2nc(-c3ccccc3)nc(-n3c4ccccc4c4c5c6ccccc6n(-c6cc(-c7ccccc7)c7c(c6)-c6c(-c8ccccc8)ccc(-c8ccccc8)c6C7)c5ccc43)n2)cc1. The van der Waals surface area contributed by atoms with Crippen LogP contribution in [0.25, 0.3) is 123 Å². The van der Waals surface area contributed by atoms with Crippen molar-refractivity contribution in [3.63, 3.8) is 0 Å². The van der Waals surface area contributed by atoms with Crippen LogP contribution >= 0.6 is 0 Å². The molecule has 3 heterocycles. The highest BCUT2D eigenvalue weighted by Gasteiger charge is 2.30. The third-order valence-electron chi connectivity index (χ3n) is 14.0. The molecule has 0 radical (unpaired) electrons. The summed E-state index contributed by atoms with van der Waals surface area (Å²) in [6, 6.07) is 84.8. The minimum Gasteiger partial charge on any atom is -0.309 e. The Hall–Kier alpha value is -9.19. The monoisotopic (exact) mass is 879 g/mol. The number of fused-ring (bicyclic) bond motifs is 10. The second-order valence-corrected chi connectivity index (χ2v) is 17.9.